The minimum Gasteiger partial charge on any atom is -0.345 e. The molecule has 2 heterocycles. The monoisotopic (exact) mass is 517 g/mol. The van der Waals surface area contributed by atoms with Gasteiger partial charge in [0, 0.05) is 43.9 Å². The number of aryl methyl sites for hydroxylation is 1. The molecule has 0 aliphatic carbocycles. The number of rotatable bonds is 7. The second-order valence-electron chi connectivity index (χ2n) is 9.73. The van der Waals surface area contributed by atoms with Crippen molar-refractivity contribution in [3.63, 3.8) is 0 Å². The van der Waals surface area contributed by atoms with E-state index in [1.165, 1.54) is 23.8 Å². The molecule has 2 amide bonds. The number of nitrogens with zero attached hydrogens (tertiary/aromatic N) is 2. The lowest BCUT2D eigenvalue weighted by molar-refractivity contribution is 0.0816. The molecule has 7 heteroatoms. The molecule has 2 aliphatic heterocycles. The molecule has 3 aromatic carbocycles. The van der Waals surface area contributed by atoms with Gasteiger partial charge < -0.3 is 10.2 Å². The van der Waals surface area contributed by atoms with E-state index in [0.717, 1.165) is 37.2 Å². The van der Waals surface area contributed by atoms with Crippen LogP contribution in [0.3, 0.4) is 0 Å². The van der Waals surface area contributed by atoms with Gasteiger partial charge in [0.2, 0.25) is 0 Å². The fraction of sp³-hybridized carbons (Fsp3) is 0.267. The lowest BCUT2D eigenvalue weighted by Gasteiger charge is -2.24. The predicted octanol–water partition coefficient (Wildman–Crippen LogP) is 5.62. The van der Waals surface area contributed by atoms with E-state index in [-0.39, 0.29) is 28.5 Å². The number of fused-ring (bicyclic) bond motifs is 1. The van der Waals surface area contributed by atoms with Crippen molar-refractivity contribution in [3.8, 4) is 0 Å². The summed E-state index contributed by atoms with van der Waals surface area (Å²) in [5, 5.41) is 3.36. The van der Waals surface area contributed by atoms with Gasteiger partial charge in [-0.25, -0.2) is 4.39 Å². The Hall–Kier alpha value is -3.48. The van der Waals surface area contributed by atoms with Crippen LogP contribution in [0.25, 0.3) is 0 Å². The summed E-state index contributed by atoms with van der Waals surface area (Å²) < 4.78 is 14.3. The summed E-state index contributed by atoms with van der Waals surface area (Å²) >= 11 is 6.11. The molecule has 37 heavy (non-hydrogen) atoms. The van der Waals surface area contributed by atoms with Gasteiger partial charge >= 0.3 is 0 Å². The second kappa shape index (κ2) is 10.9. The van der Waals surface area contributed by atoms with Crippen molar-refractivity contribution in [2.45, 2.75) is 19.4 Å². The lowest BCUT2D eigenvalue weighted by atomic mass is 10.0. The van der Waals surface area contributed by atoms with Crippen LogP contribution in [0, 0.1) is 18.7 Å². The van der Waals surface area contributed by atoms with Gasteiger partial charge in [0.15, 0.2) is 0 Å². The van der Waals surface area contributed by atoms with E-state index in [1.54, 1.807) is 4.90 Å². The Balaban J connectivity index is 1.23. The molecule has 2 atom stereocenters. The zero-order valence-corrected chi connectivity index (χ0v) is 21.4. The standard InChI is InChI=1S/C30H29ClFN3O2/c1-20-8-5-6-11-24(20)29(36)33-27(21-9-3-2-4-10-21)14-15-34-16-22-18-35(19-23(22)17-34)30(37)28-25(31)12-7-13-26(28)32/h2-13,18,23,27H,14-17,19H2,1H3,(H,33,36)/t23?,27-/m0/s1. The Labute approximate surface area is 221 Å². The molecular formula is C30H29ClFN3O2. The zero-order valence-electron chi connectivity index (χ0n) is 20.7. The number of hydrogen-bond acceptors (Lipinski definition) is 3. The zero-order chi connectivity index (χ0) is 25.9. The van der Waals surface area contributed by atoms with Crippen LogP contribution in [0.4, 0.5) is 4.39 Å². The van der Waals surface area contributed by atoms with E-state index in [9.17, 15) is 14.0 Å². The quantitative estimate of drug-likeness (QED) is 0.442. The number of nitrogens with one attached hydrogen (secondary N) is 1. The molecule has 2 aliphatic rings. The molecule has 0 aromatic heterocycles. The third-order valence-electron chi connectivity index (χ3n) is 7.22. The first-order valence-corrected chi connectivity index (χ1v) is 12.9. The maximum atomic E-state index is 14.3. The highest BCUT2D eigenvalue weighted by Gasteiger charge is 2.36. The van der Waals surface area contributed by atoms with Crippen molar-refractivity contribution in [2.24, 2.45) is 5.92 Å². The highest BCUT2D eigenvalue weighted by atomic mass is 35.5. The summed E-state index contributed by atoms with van der Waals surface area (Å²) in [5.41, 5.74) is 3.79. The van der Waals surface area contributed by atoms with Gasteiger partial charge in [-0.3, -0.25) is 14.5 Å². The molecule has 190 valence electrons. The van der Waals surface area contributed by atoms with E-state index >= 15 is 0 Å². The van der Waals surface area contributed by atoms with Gasteiger partial charge in [-0.05, 0) is 48.2 Å². The van der Waals surface area contributed by atoms with Crippen LogP contribution in [0.15, 0.2) is 84.6 Å². The van der Waals surface area contributed by atoms with Gasteiger partial charge in [-0.1, -0.05) is 66.2 Å². The Kier molecular flexibility index (Phi) is 7.40. The van der Waals surface area contributed by atoms with Crippen molar-refractivity contribution in [1.82, 2.24) is 15.1 Å². The Bertz CT molecular complexity index is 1320. The predicted molar refractivity (Wildman–Crippen MR) is 143 cm³/mol. The highest BCUT2D eigenvalue weighted by molar-refractivity contribution is 6.33. The molecule has 1 N–H and O–H groups in total. The molecule has 0 bridgehead atoms. The Morgan fingerprint density at radius 3 is 2.51 bits per heavy atom. The van der Waals surface area contributed by atoms with Crippen LogP contribution in [-0.2, 0) is 0 Å². The van der Waals surface area contributed by atoms with E-state index in [4.69, 9.17) is 11.6 Å². The summed E-state index contributed by atoms with van der Waals surface area (Å²) in [5.74, 6) is -0.867. The molecule has 5 rings (SSSR count). The molecule has 0 spiro atoms. The van der Waals surface area contributed by atoms with Gasteiger partial charge in [-0.15, -0.1) is 0 Å². The summed E-state index contributed by atoms with van der Waals surface area (Å²) in [6.07, 6.45) is 2.61. The molecule has 5 nitrogen and oxygen atoms in total. The minimum atomic E-state index is -0.603. The number of likely N-dealkylation sites (tertiary alicyclic amines) is 1. The SMILES string of the molecule is Cc1ccccc1C(=O)N[C@@H](CCN1CC2=CN(C(=O)c3c(F)cccc3Cl)CC2C1)c1ccccc1. The Morgan fingerprint density at radius 2 is 1.78 bits per heavy atom. The van der Waals surface area contributed by atoms with E-state index in [2.05, 4.69) is 10.2 Å². The maximum absolute atomic E-state index is 14.3. The third kappa shape index (κ3) is 5.45. The van der Waals surface area contributed by atoms with Crippen LogP contribution < -0.4 is 5.32 Å². The van der Waals surface area contributed by atoms with Crippen LogP contribution in [0.1, 0.15) is 44.3 Å². The summed E-state index contributed by atoms with van der Waals surface area (Å²) in [7, 11) is 0. The first-order chi connectivity index (χ1) is 17.9. The van der Waals surface area contributed by atoms with Crippen molar-refractivity contribution < 1.29 is 14.0 Å². The van der Waals surface area contributed by atoms with Crippen molar-refractivity contribution in [1.29, 1.82) is 0 Å². The maximum Gasteiger partial charge on any atom is 0.262 e. The van der Waals surface area contributed by atoms with Crippen molar-refractivity contribution >= 4 is 23.4 Å². The summed E-state index contributed by atoms with van der Waals surface area (Å²) in [6, 6.07) is 21.8. The molecule has 1 fully saturated rings. The van der Waals surface area contributed by atoms with Crippen molar-refractivity contribution in [2.75, 3.05) is 26.2 Å². The van der Waals surface area contributed by atoms with E-state index < -0.39 is 11.7 Å². The van der Waals surface area contributed by atoms with Gasteiger partial charge in [0.25, 0.3) is 11.8 Å². The number of hydrogen-bond donors (Lipinski definition) is 1. The normalized spacial score (nSPS) is 17.9. The number of carbonyl (C=O) groups excluding carboxylic acids is 2. The minimum absolute atomic E-state index is 0.0751. The molecule has 1 saturated heterocycles. The molecule has 3 aromatic rings. The summed E-state index contributed by atoms with van der Waals surface area (Å²) in [4.78, 5) is 29.9. The molecule has 0 saturated carbocycles. The van der Waals surface area contributed by atoms with E-state index in [1.807, 2.05) is 67.7 Å². The number of amides is 2. The third-order valence-corrected chi connectivity index (χ3v) is 7.53. The highest BCUT2D eigenvalue weighted by Crippen LogP contribution is 2.32. The van der Waals surface area contributed by atoms with Gasteiger partial charge in [-0.2, -0.15) is 0 Å². The lowest BCUT2D eigenvalue weighted by Crippen LogP contribution is -2.34. The van der Waals surface area contributed by atoms with Crippen LogP contribution >= 0.6 is 11.6 Å². The topological polar surface area (TPSA) is 52.7 Å². The van der Waals surface area contributed by atoms with E-state index in [0.29, 0.717) is 12.1 Å². The van der Waals surface area contributed by atoms with Gasteiger partial charge in [0.05, 0.1) is 16.6 Å². The first-order valence-electron chi connectivity index (χ1n) is 12.5. The number of carbonyl (C=O) groups is 2. The fourth-order valence-corrected chi connectivity index (χ4v) is 5.48. The number of benzene rings is 3. The average Bonchev–Trinajstić information content (AvgIpc) is 3.46. The largest absolute Gasteiger partial charge is 0.345 e. The van der Waals surface area contributed by atoms with Crippen LogP contribution in [-0.4, -0.2) is 47.8 Å². The van der Waals surface area contributed by atoms with Crippen LogP contribution in [0.5, 0.6) is 0 Å². The fourth-order valence-electron chi connectivity index (χ4n) is 5.23. The Morgan fingerprint density at radius 1 is 1.03 bits per heavy atom. The first kappa shape index (κ1) is 25.2. The summed E-state index contributed by atoms with van der Waals surface area (Å²) in [6.45, 7) is 4.81. The molecule has 1 unspecified atom stereocenters. The smallest absolute Gasteiger partial charge is 0.262 e. The second-order valence-corrected chi connectivity index (χ2v) is 10.1. The van der Waals surface area contributed by atoms with Gasteiger partial charge in [0.1, 0.15) is 5.82 Å². The van der Waals surface area contributed by atoms with Crippen LogP contribution in [0.2, 0.25) is 5.02 Å². The van der Waals surface area contributed by atoms with Crippen molar-refractivity contribution in [3.05, 3.63) is 118 Å². The molecule has 0 radical (unpaired) electrons. The molecular weight excluding hydrogens is 489 g/mol. The average molecular weight is 518 g/mol. The number of halogens is 2.